The lowest BCUT2D eigenvalue weighted by atomic mass is 10.1. The van der Waals surface area contributed by atoms with Gasteiger partial charge in [-0.15, -0.1) is 10.2 Å². The molecule has 1 aromatic heterocycles. The minimum Gasteiger partial charge on any atom is -0.493 e. The van der Waals surface area contributed by atoms with Crippen LogP contribution in [0.2, 0.25) is 0 Å². The summed E-state index contributed by atoms with van der Waals surface area (Å²) in [6.45, 7) is 0.334. The first-order valence-electron chi connectivity index (χ1n) is 10.9. The van der Waals surface area contributed by atoms with Gasteiger partial charge in [0.25, 0.3) is 0 Å². The van der Waals surface area contributed by atoms with Gasteiger partial charge < -0.3 is 18.6 Å². The van der Waals surface area contributed by atoms with Crippen molar-refractivity contribution in [1.29, 1.82) is 0 Å². The maximum absolute atomic E-state index is 13.4. The first-order chi connectivity index (χ1) is 16.4. The number of benzene rings is 2. The molecule has 2 heterocycles. The Labute approximate surface area is 199 Å². The van der Waals surface area contributed by atoms with Gasteiger partial charge in [-0.3, -0.25) is 4.72 Å². The normalized spacial score (nSPS) is 16.7. The number of piperidine rings is 1. The molecule has 10 nitrogen and oxygen atoms in total. The van der Waals surface area contributed by atoms with Crippen LogP contribution < -0.4 is 18.9 Å². The summed E-state index contributed by atoms with van der Waals surface area (Å²) >= 11 is 0. The second-order valence-electron chi connectivity index (χ2n) is 7.84. The first kappa shape index (κ1) is 23.8. The number of anilines is 1. The molecule has 0 aliphatic carbocycles. The summed E-state index contributed by atoms with van der Waals surface area (Å²) in [6, 6.07) is 12.3. The predicted octanol–water partition coefficient (Wildman–Crippen LogP) is 3.57. The van der Waals surface area contributed by atoms with Crippen molar-refractivity contribution >= 4 is 15.9 Å². The fraction of sp³-hybridized carbons (Fsp3) is 0.391. The van der Waals surface area contributed by atoms with Crippen LogP contribution in [0.25, 0.3) is 0 Å². The Morgan fingerprint density at radius 3 is 2.38 bits per heavy atom. The summed E-state index contributed by atoms with van der Waals surface area (Å²) in [5.74, 6) is 1.80. The van der Waals surface area contributed by atoms with Gasteiger partial charge in [-0.2, -0.15) is 12.7 Å². The zero-order valence-electron chi connectivity index (χ0n) is 19.4. The Balaban J connectivity index is 1.57. The van der Waals surface area contributed by atoms with E-state index in [0.29, 0.717) is 48.4 Å². The summed E-state index contributed by atoms with van der Waals surface area (Å²) in [5, 5.41) is 8.32. The van der Waals surface area contributed by atoms with Crippen LogP contribution in [0.5, 0.6) is 17.2 Å². The number of nitrogens with zero attached hydrogens (tertiary/aromatic N) is 3. The van der Waals surface area contributed by atoms with E-state index >= 15 is 0 Å². The lowest BCUT2D eigenvalue weighted by Gasteiger charge is -2.32. The molecule has 0 saturated carbocycles. The van der Waals surface area contributed by atoms with Crippen molar-refractivity contribution in [3.05, 3.63) is 59.8 Å². The van der Waals surface area contributed by atoms with E-state index in [1.807, 2.05) is 30.3 Å². The van der Waals surface area contributed by atoms with Gasteiger partial charge in [0, 0.05) is 18.7 Å². The quantitative estimate of drug-likeness (QED) is 0.486. The Kier molecular flexibility index (Phi) is 7.23. The van der Waals surface area contributed by atoms with E-state index < -0.39 is 16.3 Å². The van der Waals surface area contributed by atoms with Gasteiger partial charge in [-0.05, 0) is 18.4 Å². The topological polar surface area (TPSA) is 116 Å². The van der Waals surface area contributed by atoms with Gasteiger partial charge >= 0.3 is 10.2 Å². The molecule has 1 aliphatic rings. The van der Waals surface area contributed by atoms with Crippen LogP contribution in [0.4, 0.5) is 5.69 Å². The van der Waals surface area contributed by atoms with E-state index in [1.165, 1.54) is 25.6 Å². The summed E-state index contributed by atoms with van der Waals surface area (Å²) < 4.78 is 52.7. The molecule has 1 saturated heterocycles. The van der Waals surface area contributed by atoms with Gasteiger partial charge in [0.2, 0.25) is 17.5 Å². The van der Waals surface area contributed by atoms with Crippen molar-refractivity contribution < 1.29 is 27.0 Å². The van der Waals surface area contributed by atoms with E-state index in [4.69, 9.17) is 18.6 Å². The number of hydrogen-bond acceptors (Lipinski definition) is 8. The highest BCUT2D eigenvalue weighted by Gasteiger charge is 2.37. The fourth-order valence-electron chi connectivity index (χ4n) is 4.03. The van der Waals surface area contributed by atoms with Crippen molar-refractivity contribution in [3.8, 4) is 17.2 Å². The fourth-order valence-corrected chi connectivity index (χ4v) is 5.46. The predicted molar refractivity (Wildman–Crippen MR) is 125 cm³/mol. The molecule has 0 spiro atoms. The van der Waals surface area contributed by atoms with Gasteiger partial charge in [-0.1, -0.05) is 36.8 Å². The molecule has 1 atom stereocenters. The Morgan fingerprint density at radius 1 is 1.03 bits per heavy atom. The second kappa shape index (κ2) is 10.3. The number of nitrogens with one attached hydrogen (secondary N) is 1. The zero-order valence-corrected chi connectivity index (χ0v) is 20.2. The van der Waals surface area contributed by atoms with Crippen LogP contribution in [-0.2, 0) is 16.6 Å². The highest BCUT2D eigenvalue weighted by Crippen LogP contribution is 2.41. The van der Waals surface area contributed by atoms with Gasteiger partial charge in [0.1, 0.15) is 6.04 Å². The summed E-state index contributed by atoms with van der Waals surface area (Å²) in [5.41, 5.74) is 1.32. The molecule has 1 fully saturated rings. The van der Waals surface area contributed by atoms with Crippen LogP contribution >= 0.6 is 0 Å². The molecule has 4 rings (SSSR count). The smallest absolute Gasteiger partial charge is 0.302 e. The second-order valence-corrected chi connectivity index (χ2v) is 9.46. The van der Waals surface area contributed by atoms with Crippen LogP contribution in [0.15, 0.2) is 46.9 Å². The van der Waals surface area contributed by atoms with Crippen LogP contribution in [0.1, 0.15) is 42.6 Å². The minimum atomic E-state index is -3.95. The van der Waals surface area contributed by atoms with Crippen LogP contribution in [0.3, 0.4) is 0 Å². The van der Waals surface area contributed by atoms with E-state index in [2.05, 4.69) is 14.9 Å². The average Bonchev–Trinajstić information content (AvgIpc) is 3.32. The average molecular weight is 489 g/mol. The molecule has 0 bridgehead atoms. The molecule has 3 aromatic rings. The molecular weight excluding hydrogens is 460 g/mol. The molecular formula is C23H28N4O6S. The largest absolute Gasteiger partial charge is 0.493 e. The third-order valence-electron chi connectivity index (χ3n) is 5.64. The Morgan fingerprint density at radius 2 is 1.74 bits per heavy atom. The lowest BCUT2D eigenvalue weighted by molar-refractivity contribution is 0.218. The molecule has 0 unspecified atom stereocenters. The SMILES string of the molecule is COc1cc(NS(=O)(=O)N2CCCC[C@@H]2c2nnc(Cc3ccccc3)o2)cc(OC)c1OC. The Bertz CT molecular complexity index is 1190. The molecule has 34 heavy (non-hydrogen) atoms. The Hall–Kier alpha value is -3.31. The number of hydrogen-bond donors (Lipinski definition) is 1. The number of rotatable bonds is 9. The lowest BCUT2D eigenvalue weighted by Crippen LogP contribution is -2.41. The van der Waals surface area contributed by atoms with E-state index in [-0.39, 0.29) is 5.69 Å². The monoisotopic (exact) mass is 488 g/mol. The van der Waals surface area contributed by atoms with Crippen molar-refractivity contribution in [2.75, 3.05) is 32.6 Å². The van der Waals surface area contributed by atoms with E-state index in [9.17, 15) is 8.42 Å². The minimum absolute atomic E-state index is 0.286. The number of aromatic nitrogens is 2. The highest BCUT2D eigenvalue weighted by molar-refractivity contribution is 7.90. The molecule has 0 radical (unpaired) electrons. The summed E-state index contributed by atoms with van der Waals surface area (Å²) in [6.07, 6.45) is 2.66. The summed E-state index contributed by atoms with van der Waals surface area (Å²) in [4.78, 5) is 0. The van der Waals surface area contributed by atoms with Crippen molar-refractivity contribution in [3.63, 3.8) is 0 Å². The maximum atomic E-state index is 13.4. The number of ether oxygens (including phenoxy) is 3. The van der Waals surface area contributed by atoms with Gasteiger partial charge in [-0.25, -0.2) is 0 Å². The van der Waals surface area contributed by atoms with Gasteiger partial charge in [0.05, 0.1) is 33.4 Å². The van der Waals surface area contributed by atoms with Crippen LogP contribution in [-0.4, -0.2) is 50.8 Å². The third-order valence-corrected chi connectivity index (χ3v) is 7.19. The van der Waals surface area contributed by atoms with Crippen molar-refractivity contribution in [1.82, 2.24) is 14.5 Å². The summed E-state index contributed by atoms with van der Waals surface area (Å²) in [7, 11) is 0.478. The number of methoxy groups -OCH3 is 3. The van der Waals surface area contributed by atoms with Crippen molar-refractivity contribution in [2.24, 2.45) is 0 Å². The highest BCUT2D eigenvalue weighted by atomic mass is 32.2. The zero-order chi connectivity index (χ0) is 24.1. The molecule has 11 heteroatoms. The standard InChI is InChI=1S/C23H28N4O6S/c1-30-19-14-17(15-20(31-2)22(19)32-3)26-34(28,29)27-12-8-7-11-18(27)23-25-24-21(33-23)13-16-9-5-4-6-10-16/h4-6,9-10,14-15,18,26H,7-8,11-13H2,1-3H3/t18-/m1/s1. The van der Waals surface area contributed by atoms with Crippen molar-refractivity contribution in [2.45, 2.75) is 31.7 Å². The molecule has 2 aromatic carbocycles. The third kappa shape index (κ3) is 5.10. The molecule has 1 aliphatic heterocycles. The van der Waals surface area contributed by atoms with Crippen LogP contribution in [0, 0.1) is 0 Å². The first-order valence-corrected chi connectivity index (χ1v) is 12.3. The van der Waals surface area contributed by atoms with Gasteiger partial charge in [0.15, 0.2) is 11.5 Å². The molecule has 182 valence electrons. The molecule has 0 amide bonds. The van der Waals surface area contributed by atoms with E-state index in [0.717, 1.165) is 18.4 Å². The molecule has 1 N–H and O–H groups in total. The van der Waals surface area contributed by atoms with E-state index in [1.54, 1.807) is 12.1 Å². The maximum Gasteiger partial charge on any atom is 0.302 e.